The maximum Gasteiger partial charge on any atom is 0.169 e. The second kappa shape index (κ2) is 9.63. The molecule has 0 aliphatic carbocycles. The molecule has 1 aromatic heterocycles. The predicted molar refractivity (Wildman–Crippen MR) is 144 cm³/mol. The van der Waals surface area contributed by atoms with Crippen molar-refractivity contribution in [1.29, 1.82) is 0 Å². The Bertz CT molecular complexity index is 1490. The van der Waals surface area contributed by atoms with Crippen LogP contribution in [0.1, 0.15) is 22.4 Å². The van der Waals surface area contributed by atoms with Gasteiger partial charge in [-0.25, -0.2) is 0 Å². The maximum atomic E-state index is 5.89. The van der Waals surface area contributed by atoms with Gasteiger partial charge in [0.05, 0.1) is 19.9 Å². The van der Waals surface area contributed by atoms with Gasteiger partial charge in [0.2, 0.25) is 0 Å². The van der Waals surface area contributed by atoms with Gasteiger partial charge in [-0.15, -0.1) is 0 Å². The first-order valence-electron chi connectivity index (χ1n) is 11.8. The number of ether oxygens (including phenoxy) is 2. The Hall–Kier alpha value is -4.11. The van der Waals surface area contributed by atoms with E-state index >= 15 is 0 Å². The zero-order valence-corrected chi connectivity index (χ0v) is 20.6. The van der Waals surface area contributed by atoms with Crippen molar-refractivity contribution in [2.45, 2.75) is 20.3 Å². The van der Waals surface area contributed by atoms with E-state index < -0.39 is 0 Å². The van der Waals surface area contributed by atoms with E-state index in [1.54, 1.807) is 14.2 Å². The molecule has 0 saturated carbocycles. The number of hydrogen-bond acceptors (Lipinski definition) is 3. The third-order valence-corrected chi connectivity index (χ3v) is 6.71. The van der Waals surface area contributed by atoms with Crippen LogP contribution in [0.5, 0.6) is 11.5 Å². The molecule has 0 saturated heterocycles. The minimum absolute atomic E-state index is 0.732. The molecule has 0 aliphatic rings. The number of aromatic nitrogens is 1. The maximum absolute atomic E-state index is 5.89. The minimum Gasteiger partial charge on any atom is -0.492 e. The molecule has 0 fully saturated rings. The van der Waals surface area contributed by atoms with E-state index in [1.807, 2.05) is 18.3 Å². The Kier molecular flexibility index (Phi) is 6.24. The van der Waals surface area contributed by atoms with Gasteiger partial charge in [-0.2, -0.15) is 0 Å². The lowest BCUT2D eigenvalue weighted by atomic mass is 9.94. The van der Waals surface area contributed by atoms with E-state index in [9.17, 15) is 0 Å². The SMILES string of the molecule is COc1c(-c2ccc(-c3ccccc3)cc2)cc2c(Cc3ccc(C)c(C)c3)nccc2c1OC. The lowest BCUT2D eigenvalue weighted by Gasteiger charge is -2.18. The number of aryl methyl sites for hydroxylation is 2. The van der Waals surface area contributed by atoms with Gasteiger partial charge in [0.1, 0.15) is 0 Å². The third-order valence-electron chi connectivity index (χ3n) is 6.71. The Morgan fingerprint density at radius 2 is 1.31 bits per heavy atom. The number of benzene rings is 4. The summed E-state index contributed by atoms with van der Waals surface area (Å²) in [7, 11) is 3.39. The first kappa shape index (κ1) is 22.7. The van der Waals surface area contributed by atoms with Crippen LogP contribution in [0.15, 0.2) is 91.1 Å². The monoisotopic (exact) mass is 459 g/mol. The fraction of sp³-hybridized carbons (Fsp3) is 0.156. The number of nitrogens with zero attached hydrogens (tertiary/aromatic N) is 1. The summed E-state index contributed by atoms with van der Waals surface area (Å²) in [5, 5.41) is 2.08. The van der Waals surface area contributed by atoms with Crippen molar-refractivity contribution in [2.75, 3.05) is 14.2 Å². The van der Waals surface area contributed by atoms with Gasteiger partial charge in [-0.05, 0) is 59.4 Å². The van der Waals surface area contributed by atoms with Gasteiger partial charge in [0, 0.05) is 29.0 Å². The molecule has 4 aromatic carbocycles. The molecular formula is C32H29NO2. The molecule has 5 rings (SSSR count). The average molecular weight is 460 g/mol. The Labute approximate surface area is 207 Å². The van der Waals surface area contributed by atoms with Crippen LogP contribution in [0.3, 0.4) is 0 Å². The molecular weight excluding hydrogens is 430 g/mol. The largest absolute Gasteiger partial charge is 0.492 e. The Morgan fingerprint density at radius 3 is 2.00 bits per heavy atom. The second-order valence-electron chi connectivity index (χ2n) is 8.88. The number of methoxy groups -OCH3 is 2. The van der Waals surface area contributed by atoms with Crippen LogP contribution in [-0.4, -0.2) is 19.2 Å². The zero-order chi connectivity index (χ0) is 24.4. The minimum atomic E-state index is 0.732. The normalized spacial score (nSPS) is 11.0. The topological polar surface area (TPSA) is 31.4 Å². The Balaban J connectivity index is 1.64. The molecule has 0 amide bonds. The van der Waals surface area contributed by atoms with Crippen molar-refractivity contribution in [3.63, 3.8) is 0 Å². The molecule has 0 aliphatic heterocycles. The van der Waals surface area contributed by atoms with Crippen molar-refractivity contribution in [2.24, 2.45) is 0 Å². The first-order chi connectivity index (χ1) is 17.1. The zero-order valence-electron chi connectivity index (χ0n) is 20.6. The molecule has 3 heteroatoms. The number of rotatable bonds is 6. The number of hydrogen-bond donors (Lipinski definition) is 0. The summed E-state index contributed by atoms with van der Waals surface area (Å²) in [5.41, 5.74) is 9.30. The lowest BCUT2D eigenvalue weighted by Crippen LogP contribution is -1.99. The molecule has 0 N–H and O–H groups in total. The van der Waals surface area contributed by atoms with E-state index in [0.717, 1.165) is 45.5 Å². The molecule has 3 nitrogen and oxygen atoms in total. The van der Waals surface area contributed by atoms with Crippen molar-refractivity contribution >= 4 is 10.8 Å². The summed E-state index contributed by atoms with van der Waals surface area (Å²) in [5.74, 6) is 1.46. The van der Waals surface area contributed by atoms with Gasteiger partial charge in [0.25, 0.3) is 0 Å². The van der Waals surface area contributed by atoms with E-state index in [4.69, 9.17) is 14.5 Å². The highest BCUT2D eigenvalue weighted by Gasteiger charge is 2.19. The summed E-state index contributed by atoms with van der Waals surface area (Å²) >= 11 is 0. The number of fused-ring (bicyclic) bond motifs is 1. The standard InChI is InChI=1S/C32H29NO2/c1-21-10-11-23(18-22(21)2)19-30-29-20-28(32(35-4)31(34-3)27(29)16-17-33-30)26-14-12-25(13-15-26)24-8-6-5-7-9-24/h5-18,20H,19H2,1-4H3. The second-order valence-corrected chi connectivity index (χ2v) is 8.88. The highest BCUT2D eigenvalue weighted by Crippen LogP contribution is 2.44. The summed E-state index contributed by atoms with van der Waals surface area (Å²) in [6.07, 6.45) is 2.61. The summed E-state index contributed by atoms with van der Waals surface area (Å²) in [6.45, 7) is 4.29. The number of pyridine rings is 1. The van der Waals surface area contributed by atoms with Crippen LogP contribution in [0.4, 0.5) is 0 Å². The molecule has 0 unspecified atom stereocenters. The van der Waals surface area contributed by atoms with Crippen LogP contribution in [0.2, 0.25) is 0 Å². The molecule has 0 spiro atoms. The third kappa shape index (κ3) is 4.38. The molecule has 174 valence electrons. The molecule has 5 aromatic rings. The predicted octanol–water partition coefficient (Wildman–Crippen LogP) is 7.79. The van der Waals surface area contributed by atoms with Crippen molar-refractivity contribution in [3.8, 4) is 33.8 Å². The fourth-order valence-corrected chi connectivity index (χ4v) is 4.67. The van der Waals surface area contributed by atoms with Crippen molar-refractivity contribution in [1.82, 2.24) is 4.98 Å². The Morgan fingerprint density at radius 1 is 0.629 bits per heavy atom. The van der Waals surface area contributed by atoms with Crippen LogP contribution in [-0.2, 0) is 6.42 Å². The van der Waals surface area contributed by atoms with Crippen LogP contribution in [0, 0.1) is 13.8 Å². The van der Waals surface area contributed by atoms with Gasteiger partial charge in [0.15, 0.2) is 11.5 Å². The van der Waals surface area contributed by atoms with E-state index in [0.29, 0.717) is 0 Å². The van der Waals surface area contributed by atoms with E-state index in [1.165, 1.54) is 27.8 Å². The highest BCUT2D eigenvalue weighted by molar-refractivity contribution is 5.98. The van der Waals surface area contributed by atoms with Gasteiger partial charge in [-0.1, -0.05) is 72.8 Å². The lowest BCUT2D eigenvalue weighted by molar-refractivity contribution is 0.359. The molecule has 1 heterocycles. The summed E-state index contributed by atoms with van der Waals surface area (Å²) in [6, 6.07) is 29.8. The van der Waals surface area contributed by atoms with Crippen LogP contribution in [0.25, 0.3) is 33.0 Å². The average Bonchev–Trinajstić information content (AvgIpc) is 2.90. The fourth-order valence-electron chi connectivity index (χ4n) is 4.67. The van der Waals surface area contributed by atoms with Crippen LogP contribution < -0.4 is 9.47 Å². The molecule has 0 bridgehead atoms. The van der Waals surface area contributed by atoms with Gasteiger partial charge < -0.3 is 9.47 Å². The van der Waals surface area contributed by atoms with E-state index in [-0.39, 0.29) is 0 Å². The van der Waals surface area contributed by atoms with Crippen molar-refractivity contribution < 1.29 is 9.47 Å². The van der Waals surface area contributed by atoms with Crippen LogP contribution >= 0.6 is 0 Å². The van der Waals surface area contributed by atoms with Crippen molar-refractivity contribution in [3.05, 3.63) is 114 Å². The quantitative estimate of drug-likeness (QED) is 0.260. The van der Waals surface area contributed by atoms with E-state index in [2.05, 4.69) is 86.6 Å². The molecule has 0 radical (unpaired) electrons. The summed E-state index contributed by atoms with van der Waals surface area (Å²) < 4.78 is 11.8. The molecule has 35 heavy (non-hydrogen) atoms. The summed E-state index contributed by atoms with van der Waals surface area (Å²) in [4.78, 5) is 4.78. The van der Waals surface area contributed by atoms with Gasteiger partial charge in [-0.3, -0.25) is 4.98 Å². The first-order valence-corrected chi connectivity index (χ1v) is 11.8. The van der Waals surface area contributed by atoms with Gasteiger partial charge >= 0.3 is 0 Å². The highest BCUT2D eigenvalue weighted by atomic mass is 16.5. The smallest absolute Gasteiger partial charge is 0.169 e. The molecule has 0 atom stereocenters.